The Morgan fingerprint density at radius 1 is 1.48 bits per heavy atom. The van der Waals surface area contributed by atoms with Gasteiger partial charge in [0.05, 0.1) is 19.6 Å². The number of nitrogens with one attached hydrogen (secondary N) is 1. The predicted octanol–water partition coefficient (Wildman–Crippen LogP) is 2.41. The number of methoxy groups -OCH3 is 1. The van der Waals surface area contributed by atoms with Crippen molar-refractivity contribution in [2.75, 3.05) is 7.11 Å². The van der Waals surface area contributed by atoms with E-state index >= 15 is 0 Å². The molecule has 1 atom stereocenters. The van der Waals surface area contributed by atoms with Crippen molar-refractivity contribution < 1.29 is 13.9 Å². The normalized spacial score (nSPS) is 12.0. The molecule has 0 radical (unpaired) electrons. The summed E-state index contributed by atoms with van der Waals surface area (Å²) in [5.41, 5.74) is 0.510. The summed E-state index contributed by atoms with van der Waals surface area (Å²) in [5.74, 6) is -0.128. The van der Waals surface area contributed by atoms with Gasteiger partial charge in [0.25, 0.3) is 0 Å². The van der Waals surface area contributed by atoms with Gasteiger partial charge in [-0.2, -0.15) is 0 Å². The topological polar surface area (TPSA) is 64.1 Å². The molecule has 1 unspecified atom stereocenters. The third-order valence-corrected chi connectivity index (χ3v) is 3.90. The highest BCUT2D eigenvalue weighted by Crippen LogP contribution is 2.21. The molecule has 0 spiro atoms. The van der Waals surface area contributed by atoms with E-state index in [2.05, 4.69) is 15.5 Å². The number of hydrogen-bond acceptors (Lipinski definition) is 5. The van der Waals surface area contributed by atoms with Crippen LogP contribution in [0.2, 0.25) is 0 Å². The number of nitrogens with zero attached hydrogens (tertiary/aromatic N) is 2. The van der Waals surface area contributed by atoms with Gasteiger partial charge in [0, 0.05) is 5.56 Å². The number of carbonyl (C=O) groups is 1. The first-order valence-electron chi connectivity index (χ1n) is 6.41. The standard InChI is InChI=1S/C14H16FN3O2S/c1-8(14-18-17-9(2)21-14)16-13(19)7-10-6-11(15)4-5-12(10)20-3/h4-6,8H,7H2,1-3H3,(H,16,19). The number of aromatic nitrogens is 2. The van der Waals surface area contributed by atoms with E-state index in [1.165, 1.54) is 36.6 Å². The average molecular weight is 309 g/mol. The molecule has 5 nitrogen and oxygen atoms in total. The van der Waals surface area contributed by atoms with Crippen LogP contribution in [0.3, 0.4) is 0 Å². The molecule has 1 aromatic heterocycles. The quantitative estimate of drug-likeness (QED) is 0.921. The first-order chi connectivity index (χ1) is 9.99. The second-order valence-corrected chi connectivity index (χ2v) is 5.79. The largest absolute Gasteiger partial charge is 0.496 e. The highest BCUT2D eigenvalue weighted by atomic mass is 32.1. The molecule has 1 N–H and O–H groups in total. The number of aryl methyl sites for hydroxylation is 1. The van der Waals surface area contributed by atoms with Crippen molar-refractivity contribution in [3.63, 3.8) is 0 Å². The van der Waals surface area contributed by atoms with Crippen LogP contribution in [0.1, 0.15) is 28.5 Å². The zero-order valence-electron chi connectivity index (χ0n) is 12.0. The Morgan fingerprint density at radius 3 is 2.86 bits per heavy atom. The van der Waals surface area contributed by atoms with Crippen LogP contribution in [0.25, 0.3) is 0 Å². The maximum absolute atomic E-state index is 13.3. The molecule has 0 saturated heterocycles. The predicted molar refractivity (Wildman–Crippen MR) is 77.9 cm³/mol. The summed E-state index contributed by atoms with van der Waals surface area (Å²) in [7, 11) is 1.49. The number of benzene rings is 1. The third-order valence-electron chi connectivity index (χ3n) is 2.88. The number of ether oxygens (including phenoxy) is 1. The fraction of sp³-hybridized carbons (Fsp3) is 0.357. The van der Waals surface area contributed by atoms with Crippen molar-refractivity contribution in [2.45, 2.75) is 26.3 Å². The molecule has 1 aromatic carbocycles. The summed E-state index contributed by atoms with van der Waals surface area (Å²) < 4.78 is 18.4. The van der Waals surface area contributed by atoms with Crippen molar-refractivity contribution >= 4 is 17.2 Å². The SMILES string of the molecule is COc1ccc(F)cc1CC(=O)NC(C)c1nnc(C)s1. The van der Waals surface area contributed by atoms with E-state index in [9.17, 15) is 9.18 Å². The summed E-state index contributed by atoms with van der Waals surface area (Å²) in [6.45, 7) is 3.69. The Morgan fingerprint density at radius 2 is 2.24 bits per heavy atom. The van der Waals surface area contributed by atoms with Crippen molar-refractivity contribution in [3.8, 4) is 5.75 Å². The van der Waals surface area contributed by atoms with Gasteiger partial charge >= 0.3 is 0 Å². The first-order valence-corrected chi connectivity index (χ1v) is 7.23. The molecule has 7 heteroatoms. The van der Waals surface area contributed by atoms with Crippen LogP contribution < -0.4 is 10.1 Å². The molecular formula is C14H16FN3O2S. The minimum absolute atomic E-state index is 0.0447. The fourth-order valence-electron chi connectivity index (χ4n) is 1.90. The molecule has 0 aliphatic carbocycles. The Labute approximate surface area is 126 Å². The molecule has 0 aliphatic rings. The van der Waals surface area contributed by atoms with Gasteiger partial charge in [0.1, 0.15) is 21.6 Å². The summed E-state index contributed by atoms with van der Waals surface area (Å²) in [4.78, 5) is 12.0. The lowest BCUT2D eigenvalue weighted by atomic mass is 10.1. The van der Waals surface area contributed by atoms with Crippen molar-refractivity contribution in [1.82, 2.24) is 15.5 Å². The zero-order chi connectivity index (χ0) is 15.4. The van der Waals surface area contributed by atoms with E-state index in [0.29, 0.717) is 11.3 Å². The molecule has 0 bridgehead atoms. The smallest absolute Gasteiger partial charge is 0.225 e. The zero-order valence-corrected chi connectivity index (χ0v) is 12.8. The lowest BCUT2D eigenvalue weighted by Gasteiger charge is -2.12. The van der Waals surface area contributed by atoms with Crippen LogP contribution in [-0.2, 0) is 11.2 Å². The number of amides is 1. The summed E-state index contributed by atoms with van der Waals surface area (Å²) in [6.07, 6.45) is 0.0447. The second kappa shape index (κ2) is 6.62. The minimum Gasteiger partial charge on any atom is -0.496 e. The van der Waals surface area contributed by atoms with E-state index in [-0.39, 0.29) is 18.4 Å². The molecule has 21 heavy (non-hydrogen) atoms. The molecule has 0 fully saturated rings. The van der Waals surface area contributed by atoms with Gasteiger partial charge in [-0.05, 0) is 32.0 Å². The molecule has 1 heterocycles. The molecule has 2 rings (SSSR count). The first kappa shape index (κ1) is 15.4. The van der Waals surface area contributed by atoms with Gasteiger partial charge < -0.3 is 10.1 Å². The Bertz CT molecular complexity index is 645. The van der Waals surface area contributed by atoms with E-state index in [1.807, 2.05) is 13.8 Å². The van der Waals surface area contributed by atoms with E-state index < -0.39 is 5.82 Å². The van der Waals surface area contributed by atoms with E-state index in [0.717, 1.165) is 10.0 Å². The maximum Gasteiger partial charge on any atom is 0.225 e. The lowest BCUT2D eigenvalue weighted by Crippen LogP contribution is -2.28. The van der Waals surface area contributed by atoms with Crippen molar-refractivity contribution in [2.24, 2.45) is 0 Å². The van der Waals surface area contributed by atoms with Crippen LogP contribution in [0.4, 0.5) is 4.39 Å². The van der Waals surface area contributed by atoms with Crippen molar-refractivity contribution in [1.29, 1.82) is 0 Å². The van der Waals surface area contributed by atoms with Gasteiger partial charge in [0.15, 0.2) is 0 Å². The Kier molecular flexibility index (Phi) is 4.85. The maximum atomic E-state index is 13.3. The molecule has 2 aromatic rings. The average Bonchev–Trinajstić information content (AvgIpc) is 2.85. The van der Waals surface area contributed by atoms with Gasteiger partial charge in [-0.1, -0.05) is 11.3 Å². The number of hydrogen-bond donors (Lipinski definition) is 1. The highest BCUT2D eigenvalue weighted by Gasteiger charge is 2.15. The fourth-order valence-corrected chi connectivity index (χ4v) is 2.60. The van der Waals surface area contributed by atoms with Gasteiger partial charge in [0.2, 0.25) is 5.91 Å². The highest BCUT2D eigenvalue weighted by molar-refractivity contribution is 7.11. The monoisotopic (exact) mass is 309 g/mol. The Hall–Kier alpha value is -2.02. The molecular weight excluding hydrogens is 293 g/mol. The van der Waals surface area contributed by atoms with Crippen LogP contribution in [-0.4, -0.2) is 23.2 Å². The molecule has 0 saturated carbocycles. The number of halogens is 1. The summed E-state index contributed by atoms with van der Waals surface area (Å²) in [6, 6.07) is 3.88. The van der Waals surface area contributed by atoms with Gasteiger partial charge in [-0.15, -0.1) is 10.2 Å². The van der Waals surface area contributed by atoms with E-state index in [1.54, 1.807) is 0 Å². The van der Waals surface area contributed by atoms with Crippen LogP contribution >= 0.6 is 11.3 Å². The summed E-state index contributed by atoms with van der Waals surface area (Å²) >= 11 is 1.43. The van der Waals surface area contributed by atoms with Gasteiger partial charge in [-0.25, -0.2) is 4.39 Å². The van der Waals surface area contributed by atoms with Crippen LogP contribution in [0.5, 0.6) is 5.75 Å². The molecule has 112 valence electrons. The molecule has 0 aliphatic heterocycles. The second-order valence-electron chi connectivity index (χ2n) is 4.58. The van der Waals surface area contributed by atoms with E-state index in [4.69, 9.17) is 4.74 Å². The van der Waals surface area contributed by atoms with Crippen LogP contribution in [0.15, 0.2) is 18.2 Å². The summed E-state index contributed by atoms with van der Waals surface area (Å²) in [5, 5.41) is 12.3. The number of rotatable bonds is 5. The number of carbonyl (C=O) groups excluding carboxylic acids is 1. The van der Waals surface area contributed by atoms with Crippen LogP contribution in [0, 0.1) is 12.7 Å². The third kappa shape index (κ3) is 3.98. The Balaban J connectivity index is 2.03. The molecule has 1 amide bonds. The van der Waals surface area contributed by atoms with Crippen molar-refractivity contribution in [3.05, 3.63) is 39.6 Å². The minimum atomic E-state index is -0.397. The lowest BCUT2D eigenvalue weighted by molar-refractivity contribution is -0.121. The van der Waals surface area contributed by atoms with Gasteiger partial charge in [-0.3, -0.25) is 4.79 Å².